The smallest absolute Gasteiger partial charge is 0.0448 e. The molecule has 0 spiro atoms. The minimum atomic E-state index is 0.690. The van der Waals surface area contributed by atoms with Gasteiger partial charge in [0.2, 0.25) is 0 Å². The van der Waals surface area contributed by atoms with Gasteiger partial charge in [-0.3, -0.25) is 0 Å². The number of nitrogens with zero attached hydrogens (tertiary/aromatic N) is 2. The zero-order chi connectivity index (χ0) is 16.1. The van der Waals surface area contributed by atoms with Crippen LogP contribution in [0, 0.1) is 0 Å². The van der Waals surface area contributed by atoms with Crippen LogP contribution in [-0.2, 0) is 0 Å². The van der Waals surface area contributed by atoms with Crippen molar-refractivity contribution >= 4 is 16.5 Å². The lowest BCUT2D eigenvalue weighted by Gasteiger charge is -2.39. The van der Waals surface area contributed by atoms with Gasteiger partial charge in [0.15, 0.2) is 0 Å². The molecule has 0 N–H and O–H groups in total. The molecule has 0 saturated carbocycles. The maximum Gasteiger partial charge on any atom is 0.0448 e. The van der Waals surface area contributed by atoms with Crippen LogP contribution in [-0.4, -0.2) is 37.1 Å². The molecule has 1 aliphatic heterocycles. The third kappa shape index (κ3) is 3.69. The number of benzene rings is 2. The molecule has 2 aromatic carbocycles. The molecule has 1 unspecified atom stereocenters. The van der Waals surface area contributed by atoms with Crippen molar-refractivity contribution < 1.29 is 0 Å². The lowest BCUT2D eigenvalue weighted by atomic mass is 9.96. The van der Waals surface area contributed by atoms with Crippen molar-refractivity contribution in [1.29, 1.82) is 0 Å². The third-order valence-corrected chi connectivity index (χ3v) is 5.38. The highest BCUT2D eigenvalue weighted by atomic mass is 15.2. The maximum absolute atomic E-state index is 2.69. The van der Waals surface area contributed by atoms with Gasteiger partial charge in [-0.25, -0.2) is 0 Å². The quantitative estimate of drug-likeness (QED) is 0.746. The molecular formula is C21H30N2. The van der Waals surface area contributed by atoms with E-state index in [-0.39, 0.29) is 0 Å². The SMILES string of the molecule is CCN(CC)CCC1CCCCN1c1cccc2ccccc12. The number of hydrogen-bond donors (Lipinski definition) is 0. The van der Waals surface area contributed by atoms with Crippen molar-refractivity contribution in [3.8, 4) is 0 Å². The van der Waals surface area contributed by atoms with Gasteiger partial charge in [-0.2, -0.15) is 0 Å². The molecule has 0 radical (unpaired) electrons. The summed E-state index contributed by atoms with van der Waals surface area (Å²) in [5.41, 5.74) is 1.44. The van der Waals surface area contributed by atoms with Crippen molar-refractivity contribution in [2.75, 3.05) is 31.1 Å². The van der Waals surface area contributed by atoms with Gasteiger partial charge in [-0.1, -0.05) is 50.2 Å². The molecule has 2 heteroatoms. The molecule has 0 aromatic heterocycles. The predicted octanol–water partition coefficient (Wildman–Crippen LogP) is 4.93. The van der Waals surface area contributed by atoms with Gasteiger partial charge in [0.05, 0.1) is 0 Å². The highest BCUT2D eigenvalue weighted by Gasteiger charge is 2.24. The predicted molar refractivity (Wildman–Crippen MR) is 101 cm³/mol. The molecule has 0 amide bonds. The van der Waals surface area contributed by atoms with E-state index in [1.807, 2.05) is 0 Å². The van der Waals surface area contributed by atoms with E-state index in [1.165, 1.54) is 55.2 Å². The monoisotopic (exact) mass is 310 g/mol. The van der Waals surface area contributed by atoms with Crippen molar-refractivity contribution in [2.45, 2.75) is 45.6 Å². The van der Waals surface area contributed by atoms with Crippen LogP contribution in [0.25, 0.3) is 10.8 Å². The van der Waals surface area contributed by atoms with E-state index < -0.39 is 0 Å². The van der Waals surface area contributed by atoms with Gasteiger partial charge >= 0.3 is 0 Å². The Balaban J connectivity index is 1.83. The molecule has 1 aliphatic rings. The Morgan fingerprint density at radius 2 is 1.78 bits per heavy atom. The largest absolute Gasteiger partial charge is 0.368 e. The van der Waals surface area contributed by atoms with Crippen molar-refractivity contribution in [1.82, 2.24) is 4.90 Å². The maximum atomic E-state index is 2.69. The second-order valence-corrected chi connectivity index (χ2v) is 6.66. The molecule has 1 atom stereocenters. The Morgan fingerprint density at radius 3 is 2.61 bits per heavy atom. The molecule has 1 fully saturated rings. The van der Waals surface area contributed by atoms with Gasteiger partial charge < -0.3 is 9.80 Å². The van der Waals surface area contributed by atoms with Gasteiger partial charge in [0, 0.05) is 30.2 Å². The zero-order valence-electron chi connectivity index (χ0n) is 14.7. The van der Waals surface area contributed by atoms with Gasteiger partial charge in [-0.05, 0) is 50.2 Å². The third-order valence-electron chi connectivity index (χ3n) is 5.38. The van der Waals surface area contributed by atoms with E-state index in [4.69, 9.17) is 0 Å². The molecule has 3 rings (SSSR count). The Kier molecular flexibility index (Phi) is 5.56. The van der Waals surface area contributed by atoms with Crippen LogP contribution in [0.15, 0.2) is 42.5 Å². The van der Waals surface area contributed by atoms with Crippen LogP contribution in [0.5, 0.6) is 0 Å². The fourth-order valence-corrected chi connectivity index (χ4v) is 3.95. The van der Waals surface area contributed by atoms with Crippen LogP contribution in [0.1, 0.15) is 39.5 Å². The second kappa shape index (κ2) is 7.83. The lowest BCUT2D eigenvalue weighted by Crippen LogP contribution is -2.42. The van der Waals surface area contributed by atoms with E-state index in [9.17, 15) is 0 Å². The summed E-state index contributed by atoms with van der Waals surface area (Å²) in [4.78, 5) is 5.24. The van der Waals surface area contributed by atoms with Crippen LogP contribution in [0.3, 0.4) is 0 Å². The van der Waals surface area contributed by atoms with Crippen molar-refractivity contribution in [3.05, 3.63) is 42.5 Å². The standard InChI is InChI=1S/C21H30N2/c1-3-22(4-2)17-15-19-12-7-8-16-23(19)21-14-9-11-18-10-5-6-13-20(18)21/h5-6,9-11,13-14,19H,3-4,7-8,12,15-17H2,1-2H3. The van der Waals surface area contributed by atoms with E-state index in [2.05, 4.69) is 66.1 Å². The summed E-state index contributed by atoms with van der Waals surface area (Å²) in [5.74, 6) is 0. The molecule has 0 bridgehead atoms. The minimum absolute atomic E-state index is 0.690. The summed E-state index contributed by atoms with van der Waals surface area (Å²) < 4.78 is 0. The normalized spacial score (nSPS) is 18.7. The Hall–Kier alpha value is -1.54. The number of fused-ring (bicyclic) bond motifs is 1. The van der Waals surface area contributed by atoms with E-state index in [0.29, 0.717) is 6.04 Å². The summed E-state index contributed by atoms with van der Waals surface area (Å²) in [7, 11) is 0. The first-order chi connectivity index (χ1) is 11.3. The average molecular weight is 310 g/mol. The summed E-state index contributed by atoms with van der Waals surface area (Å²) in [6.45, 7) is 9.30. The number of rotatable bonds is 6. The molecule has 1 heterocycles. The second-order valence-electron chi connectivity index (χ2n) is 6.66. The van der Waals surface area contributed by atoms with Gasteiger partial charge in [0.25, 0.3) is 0 Å². The molecule has 2 nitrogen and oxygen atoms in total. The van der Waals surface area contributed by atoms with Crippen LogP contribution >= 0.6 is 0 Å². The van der Waals surface area contributed by atoms with Gasteiger partial charge in [-0.15, -0.1) is 0 Å². The van der Waals surface area contributed by atoms with E-state index >= 15 is 0 Å². The van der Waals surface area contributed by atoms with Gasteiger partial charge in [0.1, 0.15) is 0 Å². The number of anilines is 1. The topological polar surface area (TPSA) is 6.48 Å². The fraction of sp³-hybridized carbons (Fsp3) is 0.524. The summed E-state index contributed by atoms with van der Waals surface area (Å²) in [5, 5.41) is 2.77. The molecule has 1 saturated heterocycles. The van der Waals surface area contributed by atoms with Crippen molar-refractivity contribution in [3.63, 3.8) is 0 Å². The molecular weight excluding hydrogens is 280 g/mol. The molecule has 23 heavy (non-hydrogen) atoms. The van der Waals surface area contributed by atoms with E-state index in [0.717, 1.165) is 13.1 Å². The summed E-state index contributed by atoms with van der Waals surface area (Å²) in [6.07, 6.45) is 5.32. The van der Waals surface area contributed by atoms with Crippen LogP contribution < -0.4 is 4.90 Å². The Morgan fingerprint density at radius 1 is 1.00 bits per heavy atom. The fourth-order valence-electron chi connectivity index (χ4n) is 3.95. The minimum Gasteiger partial charge on any atom is -0.368 e. The average Bonchev–Trinajstić information content (AvgIpc) is 2.62. The van der Waals surface area contributed by atoms with Crippen LogP contribution in [0.2, 0.25) is 0 Å². The van der Waals surface area contributed by atoms with Crippen molar-refractivity contribution in [2.24, 2.45) is 0 Å². The zero-order valence-corrected chi connectivity index (χ0v) is 14.7. The Labute approximate surface area is 141 Å². The number of piperidine rings is 1. The summed E-state index contributed by atoms with van der Waals surface area (Å²) >= 11 is 0. The first-order valence-corrected chi connectivity index (χ1v) is 9.30. The lowest BCUT2D eigenvalue weighted by molar-refractivity contribution is 0.279. The highest BCUT2D eigenvalue weighted by Crippen LogP contribution is 2.32. The molecule has 124 valence electrons. The first-order valence-electron chi connectivity index (χ1n) is 9.30. The van der Waals surface area contributed by atoms with Crippen LogP contribution in [0.4, 0.5) is 5.69 Å². The number of hydrogen-bond acceptors (Lipinski definition) is 2. The Bertz CT molecular complexity index is 613. The summed E-state index contributed by atoms with van der Waals surface area (Å²) in [6, 6.07) is 16.3. The highest BCUT2D eigenvalue weighted by molar-refractivity contribution is 5.94. The van der Waals surface area contributed by atoms with E-state index in [1.54, 1.807) is 0 Å². The molecule has 2 aromatic rings. The first kappa shape index (κ1) is 16.3. The molecule has 0 aliphatic carbocycles.